The number of benzene rings is 1. The predicted molar refractivity (Wildman–Crippen MR) is 97.8 cm³/mol. The van der Waals surface area contributed by atoms with Gasteiger partial charge in [0, 0.05) is 33.2 Å². The summed E-state index contributed by atoms with van der Waals surface area (Å²) in [6.07, 6.45) is 0. The summed E-state index contributed by atoms with van der Waals surface area (Å²) in [6, 6.07) is 7.71. The first kappa shape index (κ1) is 17.8. The molecule has 1 fully saturated rings. The third-order valence-corrected chi connectivity index (χ3v) is 5.37. The average Bonchev–Trinajstić information content (AvgIpc) is 3.00. The first-order valence-electron chi connectivity index (χ1n) is 8.22. The van der Waals surface area contributed by atoms with Crippen LogP contribution < -0.4 is 4.74 Å². The van der Waals surface area contributed by atoms with Gasteiger partial charge in [-0.25, -0.2) is 0 Å². The van der Waals surface area contributed by atoms with Gasteiger partial charge in [-0.05, 0) is 19.2 Å². The van der Waals surface area contributed by atoms with Gasteiger partial charge in [0.15, 0.2) is 11.0 Å². The van der Waals surface area contributed by atoms with E-state index < -0.39 is 0 Å². The fourth-order valence-electron chi connectivity index (χ4n) is 2.78. The SMILES string of the molecule is COc1ccccc1-c1nnc(SCC(=O)N2CCN(C)CC2)n1C. The fraction of sp³-hybridized carbons (Fsp3) is 0.471. The summed E-state index contributed by atoms with van der Waals surface area (Å²) in [4.78, 5) is 16.5. The Balaban J connectivity index is 1.66. The Kier molecular flexibility index (Phi) is 5.60. The van der Waals surface area contributed by atoms with Crippen LogP contribution in [0.3, 0.4) is 0 Å². The van der Waals surface area contributed by atoms with Gasteiger partial charge < -0.3 is 19.1 Å². The van der Waals surface area contributed by atoms with Gasteiger partial charge in [-0.1, -0.05) is 23.9 Å². The van der Waals surface area contributed by atoms with Crippen LogP contribution in [0.1, 0.15) is 0 Å². The normalized spacial score (nSPS) is 15.4. The van der Waals surface area contributed by atoms with E-state index in [9.17, 15) is 4.79 Å². The maximum atomic E-state index is 12.4. The number of hydrogen-bond donors (Lipinski definition) is 0. The van der Waals surface area contributed by atoms with Crippen LogP contribution in [0, 0.1) is 0 Å². The first-order chi connectivity index (χ1) is 12.1. The number of thioether (sulfide) groups is 1. The molecule has 1 aromatic carbocycles. The topological polar surface area (TPSA) is 63.5 Å². The van der Waals surface area contributed by atoms with Crippen molar-refractivity contribution in [2.45, 2.75) is 5.16 Å². The number of carbonyl (C=O) groups is 1. The van der Waals surface area contributed by atoms with E-state index in [1.165, 1.54) is 11.8 Å². The van der Waals surface area contributed by atoms with Crippen molar-refractivity contribution in [2.24, 2.45) is 7.05 Å². The number of methoxy groups -OCH3 is 1. The lowest BCUT2D eigenvalue weighted by Crippen LogP contribution is -2.47. The van der Waals surface area contributed by atoms with Crippen LogP contribution in [0.4, 0.5) is 0 Å². The highest BCUT2D eigenvalue weighted by atomic mass is 32.2. The number of amides is 1. The van der Waals surface area contributed by atoms with E-state index in [4.69, 9.17) is 4.74 Å². The van der Waals surface area contributed by atoms with E-state index in [2.05, 4.69) is 22.1 Å². The van der Waals surface area contributed by atoms with Crippen LogP contribution in [0.2, 0.25) is 0 Å². The van der Waals surface area contributed by atoms with Gasteiger partial charge in [-0.2, -0.15) is 0 Å². The first-order valence-corrected chi connectivity index (χ1v) is 9.20. The summed E-state index contributed by atoms with van der Waals surface area (Å²) >= 11 is 1.42. The molecule has 1 aliphatic rings. The maximum Gasteiger partial charge on any atom is 0.233 e. The smallest absolute Gasteiger partial charge is 0.233 e. The van der Waals surface area contributed by atoms with Crippen molar-refractivity contribution in [1.82, 2.24) is 24.6 Å². The summed E-state index contributed by atoms with van der Waals surface area (Å²) in [6.45, 7) is 3.44. The highest BCUT2D eigenvalue weighted by Gasteiger charge is 2.21. The molecule has 3 rings (SSSR count). The molecule has 0 atom stereocenters. The zero-order valence-electron chi connectivity index (χ0n) is 14.8. The lowest BCUT2D eigenvalue weighted by molar-refractivity contribution is -0.129. The lowest BCUT2D eigenvalue weighted by Gasteiger charge is -2.32. The van der Waals surface area contributed by atoms with Gasteiger partial charge in [0.2, 0.25) is 5.91 Å². The summed E-state index contributed by atoms with van der Waals surface area (Å²) in [5.41, 5.74) is 0.886. The number of nitrogens with zero attached hydrogens (tertiary/aromatic N) is 5. The largest absolute Gasteiger partial charge is 0.496 e. The Morgan fingerprint density at radius 2 is 1.88 bits per heavy atom. The molecule has 134 valence electrons. The number of carbonyl (C=O) groups excluding carboxylic acids is 1. The van der Waals surface area contributed by atoms with E-state index in [0.29, 0.717) is 5.75 Å². The third kappa shape index (κ3) is 3.96. The highest BCUT2D eigenvalue weighted by molar-refractivity contribution is 7.99. The van der Waals surface area contributed by atoms with Crippen molar-refractivity contribution >= 4 is 17.7 Å². The minimum Gasteiger partial charge on any atom is -0.496 e. The number of para-hydroxylation sites is 1. The molecule has 8 heteroatoms. The zero-order chi connectivity index (χ0) is 17.8. The summed E-state index contributed by atoms with van der Waals surface area (Å²) in [5, 5.41) is 9.24. The Bertz CT molecular complexity index is 740. The minimum atomic E-state index is 0.153. The van der Waals surface area contributed by atoms with Crippen molar-refractivity contribution in [1.29, 1.82) is 0 Å². The molecular formula is C17H23N5O2S. The molecule has 2 aromatic rings. The van der Waals surface area contributed by atoms with Gasteiger partial charge in [-0.15, -0.1) is 10.2 Å². The molecule has 0 radical (unpaired) electrons. The number of likely N-dealkylation sites (N-methyl/N-ethyl adjacent to an activating group) is 1. The molecule has 0 aliphatic carbocycles. The Hall–Kier alpha value is -2.06. The van der Waals surface area contributed by atoms with E-state index in [0.717, 1.165) is 48.5 Å². The second-order valence-corrected chi connectivity index (χ2v) is 6.98. The molecule has 0 saturated carbocycles. The van der Waals surface area contributed by atoms with Gasteiger partial charge in [0.05, 0.1) is 18.4 Å². The van der Waals surface area contributed by atoms with Crippen molar-refractivity contribution in [3.63, 3.8) is 0 Å². The second-order valence-electron chi connectivity index (χ2n) is 6.04. The van der Waals surface area contributed by atoms with Crippen molar-refractivity contribution < 1.29 is 9.53 Å². The van der Waals surface area contributed by atoms with Gasteiger partial charge in [0.25, 0.3) is 0 Å². The van der Waals surface area contributed by atoms with Crippen molar-refractivity contribution in [3.05, 3.63) is 24.3 Å². The quantitative estimate of drug-likeness (QED) is 0.750. The molecule has 1 amide bonds. The molecule has 0 bridgehead atoms. The molecular weight excluding hydrogens is 338 g/mol. The Morgan fingerprint density at radius 3 is 2.60 bits per heavy atom. The van der Waals surface area contributed by atoms with E-state index >= 15 is 0 Å². The monoisotopic (exact) mass is 361 g/mol. The van der Waals surface area contributed by atoms with Crippen LogP contribution in [0.25, 0.3) is 11.4 Å². The van der Waals surface area contributed by atoms with Crippen LogP contribution in [0.15, 0.2) is 29.4 Å². The lowest BCUT2D eigenvalue weighted by atomic mass is 10.2. The van der Waals surface area contributed by atoms with Crippen molar-refractivity contribution in [3.8, 4) is 17.1 Å². The number of ether oxygens (including phenoxy) is 1. The average molecular weight is 361 g/mol. The summed E-state index contributed by atoms with van der Waals surface area (Å²) in [5.74, 6) is 2.01. The number of hydrogen-bond acceptors (Lipinski definition) is 6. The number of rotatable bonds is 5. The van der Waals surface area contributed by atoms with Crippen LogP contribution in [-0.4, -0.2) is 76.6 Å². The summed E-state index contributed by atoms with van der Waals surface area (Å²) < 4.78 is 7.30. The molecule has 1 saturated heterocycles. The molecule has 1 aromatic heterocycles. The van der Waals surface area contributed by atoms with Crippen LogP contribution in [0.5, 0.6) is 5.75 Å². The molecule has 1 aliphatic heterocycles. The zero-order valence-corrected chi connectivity index (χ0v) is 15.6. The Labute approximate surface area is 152 Å². The number of aromatic nitrogens is 3. The summed E-state index contributed by atoms with van der Waals surface area (Å²) in [7, 11) is 5.62. The van der Waals surface area contributed by atoms with Gasteiger partial charge in [-0.3, -0.25) is 4.79 Å². The standard InChI is InChI=1S/C17H23N5O2S/c1-20-8-10-22(11-9-20)15(23)12-25-17-19-18-16(21(17)2)13-6-4-5-7-14(13)24-3/h4-7H,8-12H2,1-3H3. The number of piperazine rings is 1. The Morgan fingerprint density at radius 1 is 1.16 bits per heavy atom. The van der Waals surface area contributed by atoms with Gasteiger partial charge >= 0.3 is 0 Å². The van der Waals surface area contributed by atoms with E-state index in [1.807, 2.05) is 40.8 Å². The molecule has 0 unspecified atom stereocenters. The molecule has 25 heavy (non-hydrogen) atoms. The maximum absolute atomic E-state index is 12.4. The van der Waals surface area contributed by atoms with Gasteiger partial charge in [0.1, 0.15) is 5.75 Å². The molecule has 7 nitrogen and oxygen atoms in total. The minimum absolute atomic E-state index is 0.153. The predicted octanol–water partition coefficient (Wildman–Crippen LogP) is 1.36. The fourth-order valence-corrected chi connectivity index (χ4v) is 3.59. The van der Waals surface area contributed by atoms with E-state index in [1.54, 1.807) is 7.11 Å². The van der Waals surface area contributed by atoms with E-state index in [-0.39, 0.29) is 5.91 Å². The highest BCUT2D eigenvalue weighted by Crippen LogP contribution is 2.30. The van der Waals surface area contributed by atoms with Crippen molar-refractivity contribution in [2.75, 3.05) is 46.1 Å². The second kappa shape index (κ2) is 7.88. The van der Waals surface area contributed by atoms with Crippen LogP contribution in [-0.2, 0) is 11.8 Å². The third-order valence-electron chi connectivity index (χ3n) is 4.36. The molecule has 0 spiro atoms. The molecule has 2 heterocycles. The van der Waals surface area contributed by atoms with Crippen LogP contribution >= 0.6 is 11.8 Å². The molecule has 0 N–H and O–H groups in total.